The lowest BCUT2D eigenvalue weighted by molar-refractivity contribution is -0.116. The van der Waals surface area contributed by atoms with Crippen molar-refractivity contribution in [2.45, 2.75) is 13.3 Å². The Hall–Kier alpha value is -1.15. The van der Waals surface area contributed by atoms with Crippen LogP contribution in [0, 0.1) is 0 Å². The van der Waals surface area contributed by atoms with Gasteiger partial charge in [0.1, 0.15) is 5.78 Å². The van der Waals surface area contributed by atoms with Crippen LogP contribution in [0.5, 0.6) is 0 Å². The molecule has 0 radical (unpaired) electrons. The third-order valence-electron chi connectivity index (χ3n) is 1.97. The highest BCUT2D eigenvalue weighted by molar-refractivity contribution is 7.17. The van der Waals surface area contributed by atoms with E-state index in [0.29, 0.717) is 6.42 Å². The summed E-state index contributed by atoms with van der Waals surface area (Å²) >= 11 is 1.73. The highest BCUT2D eigenvalue weighted by Gasteiger charge is 1.99. The van der Waals surface area contributed by atoms with Crippen molar-refractivity contribution >= 4 is 27.2 Å². The minimum atomic E-state index is 0.217. The van der Waals surface area contributed by atoms with Gasteiger partial charge in [-0.15, -0.1) is 11.3 Å². The first-order chi connectivity index (χ1) is 6.25. The molecule has 0 aliphatic rings. The topological polar surface area (TPSA) is 17.1 Å². The zero-order valence-electron chi connectivity index (χ0n) is 7.41. The van der Waals surface area contributed by atoms with Crippen LogP contribution in [0.1, 0.15) is 12.5 Å². The second-order valence-electron chi connectivity index (χ2n) is 3.17. The predicted molar refractivity (Wildman–Crippen MR) is 56.2 cm³/mol. The van der Waals surface area contributed by atoms with Gasteiger partial charge in [-0.2, -0.15) is 0 Å². The molecule has 0 amide bonds. The Balaban J connectivity index is 2.42. The van der Waals surface area contributed by atoms with Crippen molar-refractivity contribution in [3.8, 4) is 0 Å². The fraction of sp³-hybridized carbons (Fsp3) is 0.182. The first-order valence-electron chi connectivity index (χ1n) is 4.21. The molecule has 0 unspecified atom stereocenters. The molecule has 0 saturated heterocycles. The van der Waals surface area contributed by atoms with Crippen molar-refractivity contribution in [2.24, 2.45) is 0 Å². The quantitative estimate of drug-likeness (QED) is 0.711. The van der Waals surface area contributed by atoms with E-state index in [0.717, 1.165) is 5.56 Å². The molecule has 13 heavy (non-hydrogen) atoms. The summed E-state index contributed by atoms with van der Waals surface area (Å²) in [6.45, 7) is 1.62. The number of carbonyl (C=O) groups excluding carboxylic acids is 1. The second kappa shape index (κ2) is 3.30. The van der Waals surface area contributed by atoms with Gasteiger partial charge in [0.05, 0.1) is 0 Å². The van der Waals surface area contributed by atoms with Gasteiger partial charge in [-0.3, -0.25) is 4.79 Å². The van der Waals surface area contributed by atoms with Gasteiger partial charge in [-0.25, -0.2) is 0 Å². The second-order valence-corrected chi connectivity index (χ2v) is 4.12. The number of hydrogen-bond donors (Lipinski definition) is 0. The molecule has 0 spiro atoms. The van der Waals surface area contributed by atoms with Crippen LogP contribution in [0.25, 0.3) is 10.1 Å². The molecule has 0 atom stereocenters. The number of ketones is 1. The van der Waals surface area contributed by atoms with Crippen molar-refractivity contribution in [3.05, 3.63) is 35.2 Å². The Morgan fingerprint density at radius 2 is 2.23 bits per heavy atom. The lowest BCUT2D eigenvalue weighted by atomic mass is 10.1. The third-order valence-corrected chi connectivity index (χ3v) is 2.87. The van der Waals surface area contributed by atoms with Gasteiger partial charge in [0, 0.05) is 11.1 Å². The zero-order valence-corrected chi connectivity index (χ0v) is 8.23. The van der Waals surface area contributed by atoms with E-state index in [4.69, 9.17) is 0 Å². The van der Waals surface area contributed by atoms with E-state index in [9.17, 15) is 4.79 Å². The Labute approximate surface area is 81.0 Å². The summed E-state index contributed by atoms with van der Waals surface area (Å²) in [7, 11) is 0. The number of thiophene rings is 1. The average molecular weight is 190 g/mol. The molecule has 1 aromatic carbocycles. The number of carbonyl (C=O) groups is 1. The summed E-state index contributed by atoms with van der Waals surface area (Å²) in [5.74, 6) is 0.217. The molecule has 0 N–H and O–H groups in total. The van der Waals surface area contributed by atoms with Crippen molar-refractivity contribution in [1.82, 2.24) is 0 Å². The normalized spacial score (nSPS) is 10.5. The summed E-state index contributed by atoms with van der Waals surface area (Å²) < 4.78 is 1.28. The SMILES string of the molecule is CC(=O)Cc1ccc2sccc2c1. The largest absolute Gasteiger partial charge is 0.300 e. The van der Waals surface area contributed by atoms with E-state index in [1.807, 2.05) is 6.07 Å². The molecule has 1 nitrogen and oxygen atoms in total. The fourth-order valence-electron chi connectivity index (χ4n) is 1.41. The monoisotopic (exact) mass is 190 g/mol. The van der Waals surface area contributed by atoms with Crippen molar-refractivity contribution in [1.29, 1.82) is 0 Å². The molecule has 0 aliphatic heterocycles. The highest BCUT2D eigenvalue weighted by Crippen LogP contribution is 2.21. The maximum atomic E-state index is 10.9. The van der Waals surface area contributed by atoms with Crippen LogP contribution >= 0.6 is 11.3 Å². The first kappa shape index (κ1) is 8.45. The minimum Gasteiger partial charge on any atom is -0.300 e. The Bertz CT molecular complexity index is 442. The van der Waals surface area contributed by atoms with E-state index in [1.165, 1.54) is 10.1 Å². The molecule has 1 heterocycles. The van der Waals surface area contributed by atoms with Gasteiger partial charge in [-0.1, -0.05) is 6.07 Å². The van der Waals surface area contributed by atoms with Gasteiger partial charge in [0.15, 0.2) is 0 Å². The zero-order chi connectivity index (χ0) is 9.26. The summed E-state index contributed by atoms with van der Waals surface area (Å²) in [5.41, 5.74) is 1.11. The predicted octanol–water partition coefficient (Wildman–Crippen LogP) is 3.03. The molecule has 66 valence electrons. The lowest BCUT2D eigenvalue weighted by Crippen LogP contribution is -1.95. The third kappa shape index (κ3) is 1.78. The average Bonchev–Trinajstić information content (AvgIpc) is 2.49. The molecular formula is C11H10OS. The van der Waals surface area contributed by atoms with E-state index in [-0.39, 0.29) is 5.78 Å². The van der Waals surface area contributed by atoms with E-state index in [2.05, 4.69) is 23.6 Å². The summed E-state index contributed by atoms with van der Waals surface area (Å²) in [4.78, 5) is 10.9. The van der Waals surface area contributed by atoms with Crippen LogP contribution in [0.2, 0.25) is 0 Å². The molecule has 2 rings (SSSR count). The summed E-state index contributed by atoms with van der Waals surface area (Å²) in [6, 6.07) is 8.29. The maximum Gasteiger partial charge on any atom is 0.134 e. The Kier molecular flexibility index (Phi) is 2.15. The van der Waals surface area contributed by atoms with Crippen LogP contribution in [-0.4, -0.2) is 5.78 Å². The summed E-state index contributed by atoms with van der Waals surface area (Å²) in [6.07, 6.45) is 0.547. The molecule has 0 fully saturated rings. The van der Waals surface area contributed by atoms with Crippen molar-refractivity contribution in [3.63, 3.8) is 0 Å². The van der Waals surface area contributed by atoms with Gasteiger partial charge >= 0.3 is 0 Å². The Morgan fingerprint density at radius 1 is 1.38 bits per heavy atom. The number of fused-ring (bicyclic) bond motifs is 1. The van der Waals surface area contributed by atoms with Crippen molar-refractivity contribution < 1.29 is 4.79 Å². The van der Waals surface area contributed by atoms with Gasteiger partial charge in [0.25, 0.3) is 0 Å². The van der Waals surface area contributed by atoms with E-state index >= 15 is 0 Å². The molecule has 2 aromatic rings. The standard InChI is InChI=1S/C11H10OS/c1-8(12)6-9-2-3-11-10(7-9)4-5-13-11/h2-5,7H,6H2,1H3. The molecule has 1 aromatic heterocycles. The molecule has 0 aliphatic carbocycles. The molecule has 2 heteroatoms. The lowest BCUT2D eigenvalue weighted by Gasteiger charge is -1.97. The van der Waals surface area contributed by atoms with Crippen LogP contribution < -0.4 is 0 Å². The fourth-order valence-corrected chi connectivity index (χ4v) is 2.18. The van der Waals surface area contributed by atoms with Crippen LogP contribution in [0.4, 0.5) is 0 Å². The Morgan fingerprint density at radius 3 is 3.00 bits per heavy atom. The molecular weight excluding hydrogens is 180 g/mol. The summed E-state index contributed by atoms with van der Waals surface area (Å²) in [5, 5.41) is 3.31. The highest BCUT2D eigenvalue weighted by atomic mass is 32.1. The van der Waals surface area contributed by atoms with Gasteiger partial charge < -0.3 is 0 Å². The number of rotatable bonds is 2. The van der Waals surface area contributed by atoms with Crippen LogP contribution in [0.3, 0.4) is 0 Å². The minimum absolute atomic E-state index is 0.217. The van der Waals surface area contributed by atoms with E-state index < -0.39 is 0 Å². The van der Waals surface area contributed by atoms with E-state index in [1.54, 1.807) is 18.3 Å². The van der Waals surface area contributed by atoms with Crippen LogP contribution in [-0.2, 0) is 11.2 Å². The smallest absolute Gasteiger partial charge is 0.134 e. The molecule has 0 saturated carbocycles. The number of Topliss-reactive ketones (excluding diaryl/α,β-unsaturated/α-hetero) is 1. The van der Waals surface area contributed by atoms with Crippen LogP contribution in [0.15, 0.2) is 29.6 Å². The maximum absolute atomic E-state index is 10.9. The number of benzene rings is 1. The first-order valence-corrected chi connectivity index (χ1v) is 5.09. The number of hydrogen-bond acceptors (Lipinski definition) is 2. The van der Waals surface area contributed by atoms with Gasteiger partial charge in [-0.05, 0) is 41.5 Å². The molecule has 0 bridgehead atoms. The van der Waals surface area contributed by atoms with Crippen molar-refractivity contribution in [2.75, 3.05) is 0 Å². The van der Waals surface area contributed by atoms with Gasteiger partial charge in [0.2, 0.25) is 0 Å².